The van der Waals surface area contributed by atoms with Crippen LogP contribution in [0.3, 0.4) is 0 Å². The van der Waals surface area contributed by atoms with E-state index in [2.05, 4.69) is 21.2 Å². The quantitative estimate of drug-likeness (QED) is 0.576. The van der Waals surface area contributed by atoms with Gasteiger partial charge in [-0.25, -0.2) is 4.79 Å². The van der Waals surface area contributed by atoms with E-state index < -0.39 is 11.9 Å². The molecule has 0 atom stereocenters. The Kier molecular flexibility index (Phi) is 4.83. The van der Waals surface area contributed by atoms with Crippen molar-refractivity contribution >= 4 is 45.5 Å². The van der Waals surface area contributed by atoms with Gasteiger partial charge in [-0.05, 0) is 52.2 Å². The Labute approximate surface area is 158 Å². The van der Waals surface area contributed by atoms with Gasteiger partial charge in [-0.15, -0.1) is 0 Å². The lowest BCUT2D eigenvalue weighted by atomic mass is 10.1. The van der Waals surface area contributed by atoms with Crippen molar-refractivity contribution in [3.63, 3.8) is 0 Å². The lowest BCUT2D eigenvalue weighted by molar-refractivity contribution is -0.123. The Bertz CT molecular complexity index is 888. The third-order valence-electron chi connectivity index (χ3n) is 3.74. The minimum atomic E-state index is -0.471. The van der Waals surface area contributed by atoms with Crippen molar-refractivity contribution in [2.45, 2.75) is 13.5 Å². The molecule has 1 aliphatic heterocycles. The summed E-state index contributed by atoms with van der Waals surface area (Å²) in [6.45, 7) is 2.15. The van der Waals surface area contributed by atoms with Gasteiger partial charge >= 0.3 is 6.03 Å². The van der Waals surface area contributed by atoms with Gasteiger partial charge in [0, 0.05) is 0 Å². The number of halogens is 2. The molecule has 3 amide bonds. The predicted octanol–water partition coefficient (Wildman–Crippen LogP) is 4.21. The predicted molar refractivity (Wildman–Crippen MR) is 99.1 cm³/mol. The molecule has 2 aromatic rings. The van der Waals surface area contributed by atoms with Crippen molar-refractivity contribution in [1.29, 1.82) is 0 Å². The lowest BCUT2D eigenvalue weighted by Crippen LogP contribution is -2.30. The molecule has 1 aliphatic rings. The molecular formula is C18H14BrClN2O3. The molecule has 0 unspecified atom stereocenters. The molecule has 1 heterocycles. The number of amides is 3. The molecule has 2 N–H and O–H groups in total. The fraction of sp³-hybridized carbons (Fsp3) is 0.111. The zero-order valence-electron chi connectivity index (χ0n) is 13.2. The van der Waals surface area contributed by atoms with Gasteiger partial charge in [0.1, 0.15) is 11.4 Å². The van der Waals surface area contributed by atoms with Gasteiger partial charge in [-0.3, -0.25) is 9.69 Å². The first-order valence-corrected chi connectivity index (χ1v) is 8.60. The highest BCUT2D eigenvalue weighted by Gasteiger charge is 2.33. The maximum absolute atomic E-state index is 12.5. The van der Waals surface area contributed by atoms with E-state index in [1.807, 2.05) is 31.2 Å². The maximum Gasteiger partial charge on any atom is 0.329 e. The first-order chi connectivity index (χ1) is 11.8. The summed E-state index contributed by atoms with van der Waals surface area (Å²) in [7, 11) is 0. The molecule has 0 aliphatic carbocycles. The fourth-order valence-corrected chi connectivity index (χ4v) is 3.36. The van der Waals surface area contributed by atoms with Crippen LogP contribution in [0.15, 0.2) is 46.6 Å². The minimum Gasteiger partial charge on any atom is -0.505 e. The van der Waals surface area contributed by atoms with Crippen molar-refractivity contribution in [3.05, 3.63) is 68.3 Å². The molecule has 128 valence electrons. The number of hydrogen-bond acceptors (Lipinski definition) is 3. The van der Waals surface area contributed by atoms with Crippen molar-refractivity contribution in [2.75, 3.05) is 0 Å². The smallest absolute Gasteiger partial charge is 0.329 e. The second-order valence-corrected chi connectivity index (χ2v) is 6.96. The van der Waals surface area contributed by atoms with Crippen LogP contribution in [0.25, 0.3) is 6.08 Å². The molecule has 0 aromatic heterocycles. The Morgan fingerprint density at radius 2 is 2.04 bits per heavy atom. The topological polar surface area (TPSA) is 69.6 Å². The second kappa shape index (κ2) is 6.90. The summed E-state index contributed by atoms with van der Waals surface area (Å²) in [5.41, 5.74) is 2.67. The van der Waals surface area contributed by atoms with Gasteiger partial charge in [0.05, 0.1) is 16.0 Å². The largest absolute Gasteiger partial charge is 0.505 e. The molecule has 0 saturated carbocycles. The van der Waals surface area contributed by atoms with Gasteiger partial charge in [0.25, 0.3) is 5.91 Å². The van der Waals surface area contributed by atoms with Gasteiger partial charge in [-0.2, -0.15) is 0 Å². The van der Waals surface area contributed by atoms with Crippen molar-refractivity contribution < 1.29 is 14.7 Å². The normalized spacial score (nSPS) is 15.8. The summed E-state index contributed by atoms with van der Waals surface area (Å²) >= 11 is 9.12. The SMILES string of the molecule is Cc1cccc(CN2C(=O)N/C(=C/c3cc(Cl)c(O)c(Br)c3)C2=O)c1. The summed E-state index contributed by atoms with van der Waals surface area (Å²) < 4.78 is 0.403. The van der Waals surface area contributed by atoms with E-state index in [1.165, 1.54) is 12.1 Å². The van der Waals surface area contributed by atoms with E-state index in [0.29, 0.717) is 10.0 Å². The fourth-order valence-electron chi connectivity index (χ4n) is 2.54. The standard InChI is InChI=1S/C18H14BrClN2O3/c1-10-3-2-4-11(5-10)9-22-17(24)15(21-18(22)25)8-12-6-13(19)16(23)14(20)7-12/h2-8,23H,9H2,1H3,(H,21,25)/b15-8+. The van der Waals surface area contributed by atoms with Crippen LogP contribution in [0.5, 0.6) is 5.75 Å². The number of aromatic hydroxyl groups is 1. The first-order valence-electron chi connectivity index (χ1n) is 7.43. The number of phenols is 1. The van der Waals surface area contributed by atoms with Crippen molar-refractivity contribution in [3.8, 4) is 5.75 Å². The number of nitrogens with one attached hydrogen (secondary N) is 1. The van der Waals surface area contributed by atoms with Crippen LogP contribution in [0.4, 0.5) is 4.79 Å². The number of rotatable bonds is 3. The number of hydrogen-bond donors (Lipinski definition) is 2. The van der Waals surface area contributed by atoms with Gasteiger partial charge in [0.2, 0.25) is 0 Å². The number of benzene rings is 2. The molecule has 2 aromatic carbocycles. The van der Waals surface area contributed by atoms with E-state index in [0.717, 1.165) is 16.0 Å². The molecular weight excluding hydrogens is 408 g/mol. The summed E-state index contributed by atoms with van der Waals surface area (Å²) in [6, 6.07) is 10.3. The van der Waals surface area contributed by atoms with E-state index in [-0.39, 0.29) is 23.0 Å². The highest BCUT2D eigenvalue weighted by molar-refractivity contribution is 9.10. The van der Waals surface area contributed by atoms with Crippen LogP contribution in [-0.4, -0.2) is 21.9 Å². The Morgan fingerprint density at radius 3 is 2.72 bits per heavy atom. The molecule has 7 heteroatoms. The van der Waals surface area contributed by atoms with E-state index in [1.54, 1.807) is 6.07 Å². The molecule has 5 nitrogen and oxygen atoms in total. The molecule has 3 rings (SSSR count). The molecule has 0 radical (unpaired) electrons. The van der Waals surface area contributed by atoms with Crippen LogP contribution in [-0.2, 0) is 11.3 Å². The van der Waals surface area contributed by atoms with Gasteiger partial charge in [-0.1, -0.05) is 41.4 Å². The summed E-state index contributed by atoms with van der Waals surface area (Å²) in [6.07, 6.45) is 1.52. The third kappa shape index (κ3) is 3.70. The Hall–Kier alpha value is -2.31. The number of urea groups is 1. The summed E-state index contributed by atoms with van der Waals surface area (Å²) in [5, 5.41) is 12.4. The highest BCUT2D eigenvalue weighted by atomic mass is 79.9. The highest BCUT2D eigenvalue weighted by Crippen LogP contribution is 2.33. The van der Waals surface area contributed by atoms with Crippen LogP contribution >= 0.6 is 27.5 Å². The van der Waals surface area contributed by atoms with Crippen LogP contribution in [0.1, 0.15) is 16.7 Å². The zero-order valence-corrected chi connectivity index (χ0v) is 15.6. The summed E-state index contributed by atoms with van der Waals surface area (Å²) in [5.74, 6) is -0.487. The van der Waals surface area contributed by atoms with Crippen molar-refractivity contribution in [2.24, 2.45) is 0 Å². The van der Waals surface area contributed by atoms with E-state index in [4.69, 9.17) is 11.6 Å². The van der Waals surface area contributed by atoms with E-state index >= 15 is 0 Å². The number of imide groups is 1. The maximum atomic E-state index is 12.5. The average Bonchev–Trinajstić information content (AvgIpc) is 2.80. The Balaban J connectivity index is 1.86. The van der Waals surface area contributed by atoms with Gasteiger partial charge < -0.3 is 10.4 Å². The number of aryl methyl sites for hydroxylation is 1. The molecule has 1 saturated heterocycles. The molecule has 1 fully saturated rings. The third-order valence-corrected chi connectivity index (χ3v) is 4.63. The second-order valence-electron chi connectivity index (χ2n) is 5.70. The van der Waals surface area contributed by atoms with Crippen LogP contribution < -0.4 is 5.32 Å². The monoisotopic (exact) mass is 420 g/mol. The van der Waals surface area contributed by atoms with Crippen molar-refractivity contribution in [1.82, 2.24) is 10.2 Å². The average molecular weight is 422 g/mol. The molecule has 25 heavy (non-hydrogen) atoms. The molecule has 0 bridgehead atoms. The zero-order chi connectivity index (χ0) is 18.1. The lowest BCUT2D eigenvalue weighted by Gasteiger charge is -2.12. The number of carbonyl (C=O) groups is 2. The Morgan fingerprint density at radius 1 is 1.28 bits per heavy atom. The number of phenolic OH excluding ortho intramolecular Hbond substituents is 1. The number of carbonyl (C=O) groups excluding carboxylic acids is 2. The van der Waals surface area contributed by atoms with Crippen LogP contribution in [0.2, 0.25) is 5.02 Å². The molecule has 0 spiro atoms. The van der Waals surface area contributed by atoms with E-state index in [9.17, 15) is 14.7 Å². The number of nitrogens with zero attached hydrogens (tertiary/aromatic N) is 1. The summed E-state index contributed by atoms with van der Waals surface area (Å²) in [4.78, 5) is 25.8. The van der Waals surface area contributed by atoms with Gasteiger partial charge in [0.15, 0.2) is 0 Å². The first kappa shape index (κ1) is 17.5. The minimum absolute atomic E-state index is 0.0772. The van der Waals surface area contributed by atoms with Crippen LogP contribution in [0, 0.1) is 6.92 Å².